The summed E-state index contributed by atoms with van der Waals surface area (Å²) in [5.74, 6) is -0.0557. The maximum Gasteiger partial charge on any atom is 0.260 e. The van der Waals surface area contributed by atoms with Gasteiger partial charge in [-0.3, -0.25) is 4.79 Å². The van der Waals surface area contributed by atoms with Crippen LogP contribution in [0.2, 0.25) is 0 Å². The van der Waals surface area contributed by atoms with E-state index >= 15 is 0 Å². The molecule has 0 bridgehead atoms. The standard InChI is InChI=1S/C20H25IN2O3/c1-12-7-8-14(13(2)10-12)17-15(11-26-22-17)19(24)23-9-5-6-16(18(23)21)20(3,4)25/h7-8,10-11,16,18,25H,5-6,9H2,1-4H3/t16-,18?/m0/s1. The van der Waals surface area contributed by atoms with E-state index in [0.29, 0.717) is 17.8 Å². The van der Waals surface area contributed by atoms with E-state index in [1.165, 1.54) is 11.8 Å². The third kappa shape index (κ3) is 3.67. The quantitative estimate of drug-likeness (QED) is 0.414. The molecule has 26 heavy (non-hydrogen) atoms. The summed E-state index contributed by atoms with van der Waals surface area (Å²) in [5, 5.41) is 14.6. The number of aliphatic hydroxyl groups is 1. The molecule has 1 aliphatic rings. The first-order valence-corrected chi connectivity index (χ1v) is 10.1. The highest BCUT2D eigenvalue weighted by atomic mass is 127. The molecule has 2 aromatic rings. The number of aromatic nitrogens is 1. The molecule has 1 N–H and O–H groups in total. The number of alkyl halides is 1. The van der Waals surface area contributed by atoms with Gasteiger partial charge in [0.05, 0.1) is 9.65 Å². The maximum atomic E-state index is 13.3. The van der Waals surface area contributed by atoms with Crippen LogP contribution in [0.15, 0.2) is 29.0 Å². The minimum absolute atomic E-state index is 0.0326. The third-order valence-electron chi connectivity index (χ3n) is 5.15. The number of rotatable bonds is 3. The van der Waals surface area contributed by atoms with Crippen LogP contribution in [0.3, 0.4) is 0 Å². The minimum Gasteiger partial charge on any atom is -0.390 e. The van der Waals surface area contributed by atoms with Crippen LogP contribution in [0.5, 0.6) is 0 Å². The zero-order valence-corrected chi connectivity index (χ0v) is 17.8. The predicted molar refractivity (Wildman–Crippen MR) is 109 cm³/mol. The fraction of sp³-hybridized carbons (Fsp3) is 0.500. The van der Waals surface area contributed by atoms with E-state index in [1.807, 2.05) is 44.7 Å². The van der Waals surface area contributed by atoms with Crippen LogP contribution in [-0.4, -0.2) is 37.3 Å². The number of halogens is 1. The molecule has 1 unspecified atom stereocenters. The first-order chi connectivity index (χ1) is 12.2. The zero-order valence-electron chi connectivity index (χ0n) is 15.6. The molecule has 0 saturated carbocycles. The molecule has 2 heterocycles. The van der Waals surface area contributed by atoms with Gasteiger partial charge in [-0.05, 0) is 46.1 Å². The monoisotopic (exact) mass is 468 g/mol. The zero-order chi connectivity index (χ0) is 19.1. The van der Waals surface area contributed by atoms with Crippen molar-refractivity contribution in [1.82, 2.24) is 10.1 Å². The Morgan fingerprint density at radius 3 is 2.77 bits per heavy atom. The highest BCUT2D eigenvalue weighted by Crippen LogP contribution is 2.37. The number of amides is 1. The number of piperidine rings is 1. The summed E-state index contributed by atoms with van der Waals surface area (Å²) in [7, 11) is 0. The Morgan fingerprint density at radius 2 is 2.12 bits per heavy atom. The lowest BCUT2D eigenvalue weighted by molar-refractivity contribution is -0.0191. The van der Waals surface area contributed by atoms with Gasteiger partial charge in [-0.15, -0.1) is 0 Å². The normalized spacial score (nSPS) is 21.1. The highest BCUT2D eigenvalue weighted by molar-refractivity contribution is 14.1. The van der Waals surface area contributed by atoms with Crippen molar-refractivity contribution in [2.75, 3.05) is 6.54 Å². The molecule has 1 fully saturated rings. The topological polar surface area (TPSA) is 66.6 Å². The lowest BCUT2D eigenvalue weighted by Gasteiger charge is -2.43. The van der Waals surface area contributed by atoms with Crippen molar-refractivity contribution in [3.8, 4) is 11.3 Å². The molecule has 1 saturated heterocycles. The Labute approximate surface area is 167 Å². The van der Waals surface area contributed by atoms with Gasteiger partial charge in [0.2, 0.25) is 0 Å². The Hall–Kier alpha value is -1.41. The van der Waals surface area contributed by atoms with Crippen LogP contribution < -0.4 is 0 Å². The van der Waals surface area contributed by atoms with Crippen molar-refractivity contribution in [2.45, 2.75) is 50.2 Å². The van der Waals surface area contributed by atoms with Gasteiger partial charge in [-0.2, -0.15) is 0 Å². The van der Waals surface area contributed by atoms with E-state index in [1.54, 1.807) is 0 Å². The van der Waals surface area contributed by atoms with Crippen LogP contribution in [0, 0.1) is 19.8 Å². The molecule has 1 aliphatic heterocycles. The SMILES string of the molecule is Cc1ccc(-c2nocc2C(=O)N2CCC[C@H](C(C)(C)O)C2I)c(C)c1. The molecule has 0 radical (unpaired) electrons. The average Bonchev–Trinajstić information content (AvgIpc) is 3.02. The summed E-state index contributed by atoms with van der Waals surface area (Å²) in [5.41, 5.74) is 3.38. The second kappa shape index (κ2) is 7.31. The molecule has 140 valence electrons. The molecule has 6 heteroatoms. The molecular weight excluding hydrogens is 443 g/mol. The molecule has 3 rings (SSSR count). The van der Waals surface area contributed by atoms with Crippen molar-refractivity contribution in [2.24, 2.45) is 5.92 Å². The fourth-order valence-corrected chi connectivity index (χ4v) is 5.45. The Bertz CT molecular complexity index is 810. The molecule has 1 amide bonds. The van der Waals surface area contributed by atoms with Gasteiger partial charge in [0.1, 0.15) is 17.5 Å². The number of benzene rings is 1. The van der Waals surface area contributed by atoms with Crippen LogP contribution in [-0.2, 0) is 0 Å². The summed E-state index contributed by atoms with van der Waals surface area (Å²) in [6, 6.07) is 6.07. The van der Waals surface area contributed by atoms with E-state index in [0.717, 1.165) is 24.0 Å². The van der Waals surface area contributed by atoms with Crippen molar-refractivity contribution in [3.63, 3.8) is 0 Å². The van der Waals surface area contributed by atoms with Gasteiger partial charge in [0.25, 0.3) is 5.91 Å². The van der Waals surface area contributed by atoms with Crippen molar-refractivity contribution in [3.05, 3.63) is 41.2 Å². The van der Waals surface area contributed by atoms with Gasteiger partial charge in [0.15, 0.2) is 0 Å². The van der Waals surface area contributed by atoms with Gasteiger partial charge < -0.3 is 14.5 Å². The van der Waals surface area contributed by atoms with E-state index < -0.39 is 5.60 Å². The van der Waals surface area contributed by atoms with E-state index in [4.69, 9.17) is 4.52 Å². The number of carbonyl (C=O) groups is 1. The number of hydrogen-bond donors (Lipinski definition) is 1. The third-order valence-corrected chi connectivity index (χ3v) is 6.69. The highest BCUT2D eigenvalue weighted by Gasteiger charge is 2.41. The van der Waals surface area contributed by atoms with Crippen molar-refractivity contribution in [1.29, 1.82) is 0 Å². The van der Waals surface area contributed by atoms with Gasteiger partial charge in [-0.25, -0.2) is 0 Å². The summed E-state index contributed by atoms with van der Waals surface area (Å²) in [4.78, 5) is 15.1. The van der Waals surface area contributed by atoms with Gasteiger partial charge in [-0.1, -0.05) is 51.5 Å². The van der Waals surface area contributed by atoms with Crippen LogP contribution in [0.25, 0.3) is 11.3 Å². The summed E-state index contributed by atoms with van der Waals surface area (Å²) < 4.78 is 5.10. The largest absolute Gasteiger partial charge is 0.390 e. The smallest absolute Gasteiger partial charge is 0.260 e. The molecule has 5 nitrogen and oxygen atoms in total. The number of carbonyl (C=O) groups excluding carboxylic acids is 1. The van der Waals surface area contributed by atoms with Gasteiger partial charge >= 0.3 is 0 Å². The number of aryl methyl sites for hydroxylation is 2. The van der Waals surface area contributed by atoms with Crippen molar-refractivity contribution < 1.29 is 14.4 Å². The van der Waals surface area contributed by atoms with Crippen LogP contribution >= 0.6 is 22.6 Å². The van der Waals surface area contributed by atoms with E-state index in [-0.39, 0.29) is 15.9 Å². The number of hydrogen-bond acceptors (Lipinski definition) is 4. The van der Waals surface area contributed by atoms with E-state index in [9.17, 15) is 9.90 Å². The number of likely N-dealkylation sites (tertiary alicyclic amines) is 1. The first kappa shape index (κ1) is 19.4. The minimum atomic E-state index is -0.824. The summed E-state index contributed by atoms with van der Waals surface area (Å²) >= 11 is 2.28. The molecule has 1 aromatic carbocycles. The second-order valence-electron chi connectivity index (χ2n) is 7.67. The number of nitrogens with zero attached hydrogens (tertiary/aromatic N) is 2. The Kier molecular flexibility index (Phi) is 5.44. The summed E-state index contributed by atoms with van der Waals surface area (Å²) in [6.07, 6.45) is 3.23. The van der Waals surface area contributed by atoms with Gasteiger partial charge in [0, 0.05) is 18.0 Å². The van der Waals surface area contributed by atoms with E-state index in [2.05, 4.69) is 33.8 Å². The second-order valence-corrected chi connectivity index (χ2v) is 8.95. The molecular formula is C20H25IN2O3. The molecule has 1 aromatic heterocycles. The average molecular weight is 468 g/mol. The summed E-state index contributed by atoms with van der Waals surface area (Å²) in [6.45, 7) is 8.36. The van der Waals surface area contributed by atoms with Crippen LogP contribution in [0.4, 0.5) is 0 Å². The molecule has 0 spiro atoms. The predicted octanol–water partition coefficient (Wildman–Crippen LogP) is 4.34. The van der Waals surface area contributed by atoms with Crippen molar-refractivity contribution >= 4 is 28.5 Å². The molecule has 0 aliphatic carbocycles. The molecule has 2 atom stereocenters. The Balaban J connectivity index is 1.93. The lowest BCUT2D eigenvalue weighted by atomic mass is 9.84. The maximum absolute atomic E-state index is 13.3. The first-order valence-electron chi connectivity index (χ1n) is 8.89. The Morgan fingerprint density at radius 1 is 1.38 bits per heavy atom. The lowest BCUT2D eigenvalue weighted by Crippen LogP contribution is -2.51. The fourth-order valence-electron chi connectivity index (χ4n) is 3.68. The van der Waals surface area contributed by atoms with Crippen LogP contribution in [0.1, 0.15) is 48.2 Å².